The van der Waals surface area contributed by atoms with Gasteiger partial charge in [-0.05, 0) is 43.8 Å². The van der Waals surface area contributed by atoms with E-state index >= 15 is 0 Å². The number of aliphatic imine (C=N–C) groups is 1. The Bertz CT molecular complexity index is 435. The molecule has 0 amide bonds. The minimum atomic E-state index is 0. The second-order valence-electron chi connectivity index (χ2n) is 5.50. The molecule has 1 aliphatic rings. The Morgan fingerprint density at radius 1 is 1.39 bits per heavy atom. The lowest BCUT2D eigenvalue weighted by Gasteiger charge is -2.27. The molecule has 1 fully saturated rings. The van der Waals surface area contributed by atoms with Crippen molar-refractivity contribution >= 4 is 41.3 Å². The maximum Gasteiger partial charge on any atom is 0.191 e. The fourth-order valence-electron chi connectivity index (χ4n) is 2.78. The summed E-state index contributed by atoms with van der Waals surface area (Å²) >= 11 is 1.84. The summed E-state index contributed by atoms with van der Waals surface area (Å²) in [6.45, 7) is 4.94. The van der Waals surface area contributed by atoms with Gasteiger partial charge in [-0.2, -0.15) is 0 Å². The molecule has 0 bridgehead atoms. The number of rotatable bonds is 8. The number of halogens is 1. The molecule has 7 heteroatoms. The van der Waals surface area contributed by atoms with Crippen LogP contribution in [0.25, 0.3) is 0 Å². The molecule has 0 radical (unpaired) electrons. The molecule has 0 spiro atoms. The third kappa shape index (κ3) is 6.94. The van der Waals surface area contributed by atoms with Crippen molar-refractivity contribution < 1.29 is 4.74 Å². The Hall–Kier alpha value is -0.380. The molecular weight excluding hydrogens is 423 g/mol. The van der Waals surface area contributed by atoms with Crippen LogP contribution in [0.5, 0.6) is 0 Å². The molecule has 23 heavy (non-hydrogen) atoms. The van der Waals surface area contributed by atoms with E-state index in [9.17, 15) is 0 Å². The van der Waals surface area contributed by atoms with Gasteiger partial charge in [-0.15, -0.1) is 35.3 Å². The van der Waals surface area contributed by atoms with Crippen LogP contribution in [0.3, 0.4) is 0 Å². The van der Waals surface area contributed by atoms with Crippen molar-refractivity contribution in [3.63, 3.8) is 0 Å². The van der Waals surface area contributed by atoms with Crippen molar-refractivity contribution in [2.75, 3.05) is 46.9 Å². The molecule has 1 aromatic rings. The van der Waals surface area contributed by atoms with Crippen LogP contribution in [0.2, 0.25) is 0 Å². The number of hydrogen-bond donors (Lipinski definition) is 2. The smallest absolute Gasteiger partial charge is 0.191 e. The predicted molar refractivity (Wildman–Crippen MR) is 109 cm³/mol. The van der Waals surface area contributed by atoms with Gasteiger partial charge in [0, 0.05) is 38.7 Å². The summed E-state index contributed by atoms with van der Waals surface area (Å²) in [4.78, 5) is 8.32. The number of hydrogen-bond acceptors (Lipinski definition) is 4. The molecule has 1 atom stereocenters. The number of nitrogens with zero attached hydrogens (tertiary/aromatic N) is 2. The third-order valence-corrected chi connectivity index (χ3v) is 4.93. The number of likely N-dealkylation sites (tertiary alicyclic amines) is 1. The average molecular weight is 452 g/mol. The van der Waals surface area contributed by atoms with Crippen molar-refractivity contribution in [2.45, 2.75) is 25.3 Å². The highest BCUT2D eigenvalue weighted by molar-refractivity contribution is 14.0. The topological polar surface area (TPSA) is 48.9 Å². The van der Waals surface area contributed by atoms with Gasteiger partial charge >= 0.3 is 0 Å². The maximum absolute atomic E-state index is 5.07. The fourth-order valence-corrected chi connectivity index (χ4v) is 3.64. The van der Waals surface area contributed by atoms with Crippen LogP contribution in [0.4, 0.5) is 0 Å². The Morgan fingerprint density at radius 2 is 2.17 bits per heavy atom. The second-order valence-corrected chi connectivity index (χ2v) is 6.48. The SMILES string of the molecule is CN=C(NCCCOC)NCC(c1cccs1)N1CCCC1.I. The van der Waals surface area contributed by atoms with Gasteiger partial charge in [-0.3, -0.25) is 9.89 Å². The van der Waals surface area contributed by atoms with Crippen LogP contribution >= 0.6 is 35.3 Å². The first-order valence-corrected chi connectivity index (χ1v) is 8.94. The molecule has 1 aliphatic heterocycles. The largest absolute Gasteiger partial charge is 0.385 e. The lowest BCUT2D eigenvalue weighted by atomic mass is 10.2. The van der Waals surface area contributed by atoms with Crippen LogP contribution in [-0.2, 0) is 4.74 Å². The second kappa shape index (κ2) is 12.0. The minimum Gasteiger partial charge on any atom is -0.385 e. The van der Waals surface area contributed by atoms with E-state index < -0.39 is 0 Å². The quantitative estimate of drug-likeness (QED) is 0.276. The summed E-state index contributed by atoms with van der Waals surface area (Å²) in [6.07, 6.45) is 3.61. The Balaban J connectivity index is 0.00000264. The van der Waals surface area contributed by atoms with E-state index in [0.29, 0.717) is 6.04 Å². The van der Waals surface area contributed by atoms with Crippen LogP contribution < -0.4 is 10.6 Å². The van der Waals surface area contributed by atoms with Gasteiger partial charge in [0.2, 0.25) is 0 Å². The minimum absolute atomic E-state index is 0. The van der Waals surface area contributed by atoms with E-state index in [4.69, 9.17) is 4.74 Å². The lowest BCUT2D eigenvalue weighted by Crippen LogP contribution is -2.42. The zero-order valence-electron chi connectivity index (χ0n) is 14.1. The van der Waals surface area contributed by atoms with Gasteiger partial charge in [-0.1, -0.05) is 6.07 Å². The molecule has 5 nitrogen and oxygen atoms in total. The van der Waals surface area contributed by atoms with Crippen LogP contribution in [0, 0.1) is 0 Å². The van der Waals surface area contributed by atoms with E-state index in [-0.39, 0.29) is 24.0 Å². The van der Waals surface area contributed by atoms with Crippen LogP contribution in [0.1, 0.15) is 30.2 Å². The summed E-state index contributed by atoms with van der Waals surface area (Å²) in [5, 5.41) is 8.98. The first-order valence-electron chi connectivity index (χ1n) is 8.06. The highest BCUT2D eigenvalue weighted by Crippen LogP contribution is 2.27. The molecule has 0 aromatic carbocycles. The average Bonchev–Trinajstić information content (AvgIpc) is 3.23. The standard InChI is InChI=1S/C16H28N4OS.HI/c1-17-16(18-8-6-11-21-2)19-13-14(15-7-5-12-22-15)20-9-3-4-10-20;/h5,7,12,14H,3-4,6,8-11,13H2,1-2H3,(H2,17,18,19);1H. The highest BCUT2D eigenvalue weighted by Gasteiger charge is 2.24. The first kappa shape index (κ1) is 20.7. The summed E-state index contributed by atoms with van der Waals surface area (Å²) in [5.41, 5.74) is 0. The van der Waals surface area contributed by atoms with Crippen molar-refractivity contribution in [3.8, 4) is 0 Å². The number of methoxy groups -OCH3 is 1. The zero-order valence-corrected chi connectivity index (χ0v) is 17.2. The number of guanidine groups is 1. The Morgan fingerprint density at radius 3 is 2.78 bits per heavy atom. The predicted octanol–water partition coefficient (Wildman–Crippen LogP) is 2.70. The zero-order chi connectivity index (χ0) is 15.6. The van der Waals surface area contributed by atoms with Gasteiger partial charge in [-0.25, -0.2) is 0 Å². The molecule has 0 saturated carbocycles. The van der Waals surface area contributed by atoms with Gasteiger partial charge in [0.05, 0.1) is 6.04 Å². The number of thiophene rings is 1. The number of nitrogens with one attached hydrogen (secondary N) is 2. The summed E-state index contributed by atoms with van der Waals surface area (Å²) < 4.78 is 5.07. The van der Waals surface area contributed by atoms with E-state index in [1.165, 1.54) is 30.8 Å². The molecule has 0 aliphatic carbocycles. The molecule has 1 unspecified atom stereocenters. The maximum atomic E-state index is 5.07. The third-order valence-electron chi connectivity index (χ3n) is 3.96. The molecule has 1 aromatic heterocycles. The fraction of sp³-hybridized carbons (Fsp3) is 0.688. The Kier molecular flexibility index (Phi) is 10.8. The first-order chi connectivity index (χ1) is 10.8. The van der Waals surface area contributed by atoms with E-state index in [1.807, 2.05) is 18.4 Å². The number of ether oxygens (including phenoxy) is 1. The van der Waals surface area contributed by atoms with Gasteiger partial charge in [0.1, 0.15) is 0 Å². The molecule has 132 valence electrons. The van der Waals surface area contributed by atoms with Gasteiger partial charge in [0.15, 0.2) is 5.96 Å². The van der Waals surface area contributed by atoms with Crippen molar-refractivity contribution in [2.24, 2.45) is 4.99 Å². The highest BCUT2D eigenvalue weighted by atomic mass is 127. The summed E-state index contributed by atoms with van der Waals surface area (Å²) in [6, 6.07) is 4.82. The summed E-state index contributed by atoms with van der Waals surface area (Å²) in [7, 11) is 3.55. The lowest BCUT2D eigenvalue weighted by molar-refractivity contribution is 0.195. The Labute approximate surface area is 160 Å². The van der Waals surface area contributed by atoms with E-state index in [2.05, 4.69) is 38.0 Å². The molecular formula is C16H29IN4OS. The van der Waals surface area contributed by atoms with Crippen molar-refractivity contribution in [3.05, 3.63) is 22.4 Å². The monoisotopic (exact) mass is 452 g/mol. The molecule has 2 rings (SSSR count). The van der Waals surface area contributed by atoms with Crippen LogP contribution in [-0.4, -0.2) is 57.8 Å². The van der Waals surface area contributed by atoms with Crippen LogP contribution in [0.15, 0.2) is 22.5 Å². The molecule has 1 saturated heterocycles. The normalized spacial score (nSPS) is 16.9. The van der Waals surface area contributed by atoms with E-state index in [1.54, 1.807) is 7.11 Å². The molecule has 2 N–H and O–H groups in total. The van der Waals surface area contributed by atoms with Gasteiger partial charge < -0.3 is 15.4 Å². The van der Waals surface area contributed by atoms with E-state index in [0.717, 1.165) is 32.1 Å². The molecule has 2 heterocycles. The van der Waals surface area contributed by atoms with Crippen molar-refractivity contribution in [1.82, 2.24) is 15.5 Å². The van der Waals surface area contributed by atoms with Gasteiger partial charge in [0.25, 0.3) is 0 Å². The summed E-state index contributed by atoms with van der Waals surface area (Å²) in [5.74, 6) is 0.872. The van der Waals surface area contributed by atoms with Crippen molar-refractivity contribution in [1.29, 1.82) is 0 Å².